The van der Waals surface area contributed by atoms with Crippen molar-refractivity contribution < 1.29 is 4.79 Å². The van der Waals surface area contributed by atoms with Crippen molar-refractivity contribution in [2.45, 2.75) is 26.7 Å². The summed E-state index contributed by atoms with van der Waals surface area (Å²) < 4.78 is 0. The fourth-order valence-electron chi connectivity index (χ4n) is 2.26. The maximum atomic E-state index is 11.6. The number of likely N-dealkylation sites (N-methyl/N-ethyl adjacent to an activating group) is 1. The Kier molecular flexibility index (Phi) is 6.65. The van der Waals surface area contributed by atoms with Crippen LogP contribution in [0.15, 0.2) is 0 Å². The highest BCUT2D eigenvalue weighted by Gasteiger charge is 2.20. The van der Waals surface area contributed by atoms with Crippen molar-refractivity contribution in [2.24, 2.45) is 11.8 Å². The summed E-state index contributed by atoms with van der Waals surface area (Å²) in [6.45, 7) is 9.43. The Labute approximate surface area is 112 Å². The summed E-state index contributed by atoms with van der Waals surface area (Å²) in [6, 6.07) is 0. The van der Waals surface area contributed by atoms with E-state index in [1.165, 1.54) is 12.8 Å². The molecule has 0 aromatic rings. The third kappa shape index (κ3) is 5.83. The van der Waals surface area contributed by atoms with Crippen LogP contribution in [0.2, 0.25) is 0 Å². The second-order valence-electron chi connectivity index (χ2n) is 6.06. The van der Waals surface area contributed by atoms with Gasteiger partial charge < -0.3 is 10.2 Å². The second-order valence-corrected chi connectivity index (χ2v) is 6.06. The molecule has 0 unspecified atom stereocenters. The van der Waals surface area contributed by atoms with Gasteiger partial charge in [-0.3, -0.25) is 9.69 Å². The number of nitrogens with zero attached hydrogens (tertiary/aromatic N) is 2. The number of piperidine rings is 1. The van der Waals surface area contributed by atoms with Crippen molar-refractivity contribution in [3.05, 3.63) is 0 Å². The van der Waals surface area contributed by atoms with E-state index < -0.39 is 0 Å². The van der Waals surface area contributed by atoms with Gasteiger partial charge in [-0.25, -0.2) is 0 Å². The molecule has 1 fully saturated rings. The molecule has 1 amide bonds. The molecule has 0 aromatic carbocycles. The molecular weight excluding hydrogens is 226 g/mol. The fraction of sp³-hybridized carbons (Fsp3) is 0.929. The lowest BCUT2D eigenvalue weighted by Gasteiger charge is -2.32. The Morgan fingerprint density at radius 1 is 1.33 bits per heavy atom. The normalized spacial score (nSPS) is 18.3. The molecule has 4 nitrogen and oxygen atoms in total. The summed E-state index contributed by atoms with van der Waals surface area (Å²) >= 11 is 0. The zero-order chi connectivity index (χ0) is 13.5. The van der Waals surface area contributed by atoms with Crippen LogP contribution in [-0.2, 0) is 4.79 Å². The minimum absolute atomic E-state index is 0.214. The predicted molar refractivity (Wildman–Crippen MR) is 75.6 cm³/mol. The van der Waals surface area contributed by atoms with Crippen LogP contribution in [0.25, 0.3) is 0 Å². The van der Waals surface area contributed by atoms with E-state index >= 15 is 0 Å². The van der Waals surface area contributed by atoms with Crippen LogP contribution < -0.4 is 5.32 Å². The minimum atomic E-state index is 0.214. The number of hydrogen-bond donors (Lipinski definition) is 1. The first-order chi connectivity index (χ1) is 8.49. The molecule has 1 saturated heterocycles. The van der Waals surface area contributed by atoms with Crippen LogP contribution >= 0.6 is 0 Å². The number of carbonyl (C=O) groups is 1. The van der Waals surface area contributed by atoms with Gasteiger partial charge in [-0.15, -0.1) is 0 Å². The van der Waals surface area contributed by atoms with E-state index in [1.54, 1.807) is 4.90 Å². The lowest BCUT2D eigenvalue weighted by molar-refractivity contribution is -0.130. The van der Waals surface area contributed by atoms with Gasteiger partial charge in [-0.05, 0) is 50.9 Å². The van der Waals surface area contributed by atoms with Crippen molar-refractivity contribution in [3.8, 4) is 0 Å². The minimum Gasteiger partial charge on any atom is -0.348 e. The van der Waals surface area contributed by atoms with Gasteiger partial charge in [0.05, 0.1) is 6.54 Å². The van der Waals surface area contributed by atoms with Crippen LogP contribution in [-0.4, -0.2) is 62.5 Å². The van der Waals surface area contributed by atoms with E-state index in [9.17, 15) is 4.79 Å². The van der Waals surface area contributed by atoms with Crippen LogP contribution in [0.3, 0.4) is 0 Å². The Balaban J connectivity index is 2.14. The van der Waals surface area contributed by atoms with Gasteiger partial charge in [0.15, 0.2) is 0 Å². The molecular formula is C14H29N3O. The molecule has 1 aliphatic rings. The Hall–Kier alpha value is -0.610. The topological polar surface area (TPSA) is 35.6 Å². The molecule has 4 heteroatoms. The standard InChI is InChI=1S/C14H29N3O/c1-12(2)9-15-10-13-5-7-17(8-6-13)11-14(18)16(3)4/h12-13,15H,5-11H2,1-4H3. The van der Waals surface area contributed by atoms with E-state index in [0.29, 0.717) is 6.54 Å². The summed E-state index contributed by atoms with van der Waals surface area (Å²) in [5.41, 5.74) is 0. The maximum Gasteiger partial charge on any atom is 0.236 e. The average molecular weight is 255 g/mol. The largest absolute Gasteiger partial charge is 0.348 e. The lowest BCUT2D eigenvalue weighted by Crippen LogP contribution is -2.42. The van der Waals surface area contributed by atoms with E-state index in [1.807, 2.05) is 14.1 Å². The maximum absolute atomic E-state index is 11.6. The average Bonchev–Trinajstić information content (AvgIpc) is 2.30. The molecule has 0 aliphatic carbocycles. The van der Waals surface area contributed by atoms with Gasteiger partial charge in [-0.1, -0.05) is 13.8 Å². The van der Waals surface area contributed by atoms with Crippen LogP contribution in [0, 0.1) is 11.8 Å². The third-order valence-corrected chi connectivity index (χ3v) is 3.55. The first kappa shape index (κ1) is 15.4. The Bertz CT molecular complexity index is 245. The summed E-state index contributed by atoms with van der Waals surface area (Å²) in [4.78, 5) is 15.6. The Morgan fingerprint density at radius 2 is 1.94 bits per heavy atom. The first-order valence-corrected chi connectivity index (χ1v) is 7.12. The summed E-state index contributed by atoms with van der Waals surface area (Å²) in [7, 11) is 3.65. The van der Waals surface area contributed by atoms with Crippen LogP contribution in [0.1, 0.15) is 26.7 Å². The fourth-order valence-corrected chi connectivity index (χ4v) is 2.26. The van der Waals surface area contributed by atoms with Gasteiger partial charge in [-0.2, -0.15) is 0 Å². The lowest BCUT2D eigenvalue weighted by atomic mass is 9.96. The van der Waals surface area contributed by atoms with E-state index in [2.05, 4.69) is 24.1 Å². The second kappa shape index (κ2) is 7.74. The van der Waals surface area contributed by atoms with Crippen molar-refractivity contribution in [3.63, 3.8) is 0 Å². The number of amides is 1. The summed E-state index contributed by atoms with van der Waals surface area (Å²) in [5.74, 6) is 1.73. The molecule has 0 spiro atoms. The molecule has 0 atom stereocenters. The quantitative estimate of drug-likeness (QED) is 0.770. The zero-order valence-electron chi connectivity index (χ0n) is 12.4. The van der Waals surface area contributed by atoms with Crippen molar-refractivity contribution in [1.29, 1.82) is 0 Å². The van der Waals surface area contributed by atoms with E-state index in [0.717, 1.165) is 38.0 Å². The molecule has 0 saturated carbocycles. The van der Waals surface area contributed by atoms with Crippen molar-refractivity contribution in [2.75, 3.05) is 46.8 Å². The highest BCUT2D eigenvalue weighted by Crippen LogP contribution is 2.16. The molecule has 1 rings (SSSR count). The van der Waals surface area contributed by atoms with E-state index in [-0.39, 0.29) is 5.91 Å². The van der Waals surface area contributed by atoms with Gasteiger partial charge in [0, 0.05) is 14.1 Å². The molecule has 106 valence electrons. The predicted octanol–water partition coefficient (Wildman–Crippen LogP) is 1.03. The number of rotatable bonds is 6. The first-order valence-electron chi connectivity index (χ1n) is 7.12. The summed E-state index contributed by atoms with van der Waals surface area (Å²) in [6.07, 6.45) is 2.43. The van der Waals surface area contributed by atoms with Crippen LogP contribution in [0.4, 0.5) is 0 Å². The van der Waals surface area contributed by atoms with Gasteiger partial charge in [0.2, 0.25) is 5.91 Å². The van der Waals surface area contributed by atoms with Gasteiger partial charge in [0.1, 0.15) is 0 Å². The molecule has 0 aromatic heterocycles. The monoisotopic (exact) mass is 255 g/mol. The third-order valence-electron chi connectivity index (χ3n) is 3.55. The van der Waals surface area contributed by atoms with Crippen molar-refractivity contribution >= 4 is 5.91 Å². The molecule has 1 N–H and O–H groups in total. The van der Waals surface area contributed by atoms with Crippen LogP contribution in [0.5, 0.6) is 0 Å². The zero-order valence-corrected chi connectivity index (χ0v) is 12.4. The molecule has 18 heavy (non-hydrogen) atoms. The number of carbonyl (C=O) groups excluding carboxylic acids is 1. The molecule has 1 aliphatic heterocycles. The molecule has 1 heterocycles. The molecule has 0 radical (unpaired) electrons. The highest BCUT2D eigenvalue weighted by molar-refractivity contribution is 5.77. The van der Waals surface area contributed by atoms with E-state index in [4.69, 9.17) is 0 Å². The van der Waals surface area contributed by atoms with Gasteiger partial charge in [0.25, 0.3) is 0 Å². The highest BCUT2D eigenvalue weighted by atomic mass is 16.2. The van der Waals surface area contributed by atoms with Gasteiger partial charge >= 0.3 is 0 Å². The number of hydrogen-bond acceptors (Lipinski definition) is 3. The smallest absolute Gasteiger partial charge is 0.236 e. The summed E-state index contributed by atoms with van der Waals surface area (Å²) in [5, 5.41) is 3.53. The number of nitrogens with one attached hydrogen (secondary N) is 1. The number of likely N-dealkylation sites (tertiary alicyclic amines) is 1. The Morgan fingerprint density at radius 3 is 2.44 bits per heavy atom. The molecule has 0 bridgehead atoms. The van der Waals surface area contributed by atoms with Crippen molar-refractivity contribution in [1.82, 2.24) is 15.1 Å². The SMILES string of the molecule is CC(C)CNCC1CCN(CC(=O)N(C)C)CC1.